The normalized spacial score (nSPS) is 21.4. The van der Waals surface area contributed by atoms with Gasteiger partial charge in [-0.25, -0.2) is 4.57 Å². The molecule has 2 aliphatic rings. The van der Waals surface area contributed by atoms with Crippen LogP contribution in [0.15, 0.2) is 65.1 Å². The molecule has 6 aromatic rings. The van der Waals surface area contributed by atoms with Crippen LogP contribution in [0, 0.1) is 12.8 Å². The predicted molar refractivity (Wildman–Crippen MR) is 168 cm³/mol. The molecule has 0 bridgehead atoms. The largest absolute Gasteiger partial charge is 0.418 e. The Morgan fingerprint density at radius 3 is 2.31 bits per heavy atom. The van der Waals surface area contributed by atoms with Crippen LogP contribution in [0.25, 0.3) is 54.9 Å². The van der Waals surface area contributed by atoms with Crippen molar-refractivity contribution in [3.63, 3.8) is 0 Å². The Bertz CT molecular complexity index is 2120. The molecule has 1 aliphatic heterocycles. The molecule has 0 spiro atoms. The Labute approximate surface area is 245 Å². The maximum Gasteiger partial charge on any atom is 0.346 e. The lowest BCUT2D eigenvalue weighted by atomic mass is 9.78. The minimum Gasteiger partial charge on any atom is -0.418 e. The van der Waals surface area contributed by atoms with Crippen molar-refractivity contribution < 1.29 is 18.8 Å². The third-order valence-corrected chi connectivity index (χ3v) is 9.62. The summed E-state index contributed by atoms with van der Waals surface area (Å²) >= 11 is 0. The van der Waals surface area contributed by atoms with Gasteiger partial charge in [0.25, 0.3) is 0 Å². The Morgan fingerprint density at radius 1 is 0.976 bits per heavy atom. The van der Waals surface area contributed by atoms with Crippen LogP contribution in [0.2, 0.25) is 0 Å². The minimum atomic E-state index is -1.31. The lowest BCUT2D eigenvalue weighted by molar-refractivity contribution is -0.709. The first-order chi connectivity index (χ1) is 20.0. The molecule has 4 aromatic carbocycles. The Kier molecular flexibility index (Phi) is 5.17. The maximum absolute atomic E-state index is 11.9. The number of ether oxygens (including phenoxy) is 1. The topological polar surface area (TPSA) is 59.4 Å². The summed E-state index contributed by atoms with van der Waals surface area (Å²) in [5, 5.41) is 18.8. The van der Waals surface area contributed by atoms with Gasteiger partial charge in [-0.05, 0) is 67.7 Å². The summed E-state index contributed by atoms with van der Waals surface area (Å²) in [5.74, 6) is -0.186. The van der Waals surface area contributed by atoms with Crippen molar-refractivity contribution >= 4 is 43.6 Å². The second kappa shape index (κ2) is 8.40. The van der Waals surface area contributed by atoms with Crippen LogP contribution in [0.1, 0.15) is 69.1 Å². The van der Waals surface area contributed by atoms with E-state index in [1.807, 2.05) is 6.92 Å². The van der Waals surface area contributed by atoms with Crippen molar-refractivity contribution in [2.24, 2.45) is 5.92 Å². The van der Waals surface area contributed by atoms with Crippen molar-refractivity contribution in [3.8, 4) is 11.3 Å². The van der Waals surface area contributed by atoms with Gasteiger partial charge in [-0.1, -0.05) is 83.1 Å². The lowest BCUT2D eigenvalue weighted by Crippen LogP contribution is -2.44. The molecular formula is C37H37N2O3+. The zero-order valence-electron chi connectivity index (χ0n) is 25.4. The smallest absolute Gasteiger partial charge is 0.346 e. The van der Waals surface area contributed by atoms with E-state index in [1.165, 1.54) is 27.3 Å². The number of aliphatic hydroxyl groups is 1. The van der Waals surface area contributed by atoms with Gasteiger partial charge < -0.3 is 14.3 Å². The molecule has 3 unspecified atom stereocenters. The number of nitrogens with zero attached hydrogens (tertiary/aromatic N) is 2. The fraction of sp³-hybridized carbons (Fsp3) is 0.351. The molecular weight excluding hydrogens is 520 g/mol. The number of aromatic nitrogens is 2. The summed E-state index contributed by atoms with van der Waals surface area (Å²) in [6, 6.07) is 21.6. The van der Waals surface area contributed by atoms with Crippen LogP contribution in [-0.2, 0) is 16.6 Å². The molecule has 42 heavy (non-hydrogen) atoms. The van der Waals surface area contributed by atoms with E-state index < -0.39 is 5.79 Å². The van der Waals surface area contributed by atoms with Crippen LogP contribution in [0.3, 0.4) is 0 Å². The van der Waals surface area contributed by atoms with E-state index in [9.17, 15) is 5.11 Å². The maximum atomic E-state index is 11.9. The average Bonchev–Trinajstić information content (AvgIpc) is 3.40. The van der Waals surface area contributed by atoms with E-state index in [4.69, 9.17) is 14.1 Å². The molecule has 1 saturated carbocycles. The zero-order chi connectivity index (χ0) is 29.3. The number of aryl methyl sites for hydroxylation is 1. The van der Waals surface area contributed by atoms with Crippen molar-refractivity contribution in [1.29, 1.82) is 0 Å². The number of fused-ring (bicyclic) bond motifs is 14. The summed E-state index contributed by atoms with van der Waals surface area (Å²) in [6.07, 6.45) is 0.973. The molecule has 3 heterocycles. The Hall–Kier alpha value is -3.80. The monoisotopic (exact) mass is 557 g/mol. The predicted octanol–water partition coefficient (Wildman–Crippen LogP) is 8.03. The number of hydrogen-bond acceptors (Lipinski definition) is 4. The van der Waals surface area contributed by atoms with Gasteiger partial charge in [0.15, 0.2) is 11.7 Å². The van der Waals surface area contributed by atoms with Gasteiger partial charge in [0.05, 0.1) is 5.92 Å². The number of rotatable bonds is 3. The van der Waals surface area contributed by atoms with Crippen LogP contribution in [0.5, 0.6) is 0 Å². The molecule has 5 nitrogen and oxygen atoms in total. The molecule has 212 valence electrons. The molecule has 1 N–H and O–H groups in total. The molecule has 1 fully saturated rings. The summed E-state index contributed by atoms with van der Waals surface area (Å²) in [5.41, 5.74) is 7.36. The molecule has 0 amide bonds. The third kappa shape index (κ3) is 3.27. The number of benzene rings is 4. The quantitative estimate of drug-likeness (QED) is 0.177. The molecule has 0 radical (unpaired) electrons. The van der Waals surface area contributed by atoms with E-state index >= 15 is 0 Å². The van der Waals surface area contributed by atoms with Crippen molar-refractivity contribution in [1.82, 2.24) is 4.98 Å². The minimum absolute atomic E-state index is 0.0856. The first-order valence-corrected chi connectivity index (χ1v) is 15.1. The second-order valence-corrected chi connectivity index (χ2v) is 13.8. The van der Waals surface area contributed by atoms with Gasteiger partial charge in [0.2, 0.25) is 5.79 Å². The number of hydrogen-bond donors (Lipinski definition) is 1. The third-order valence-electron chi connectivity index (χ3n) is 9.62. The van der Waals surface area contributed by atoms with Crippen molar-refractivity contribution in [2.45, 2.75) is 71.1 Å². The Morgan fingerprint density at radius 2 is 1.64 bits per heavy atom. The highest BCUT2D eigenvalue weighted by molar-refractivity contribution is 6.18. The SMILES string of the molecule is COC1(O)C2c3c(cc(C(C)(C)C)c4ccccc34)-c3c4c(nc(C)[n+]3C21)oc1c2ccccc2c(CC(C)C)cc14. The van der Waals surface area contributed by atoms with E-state index in [2.05, 4.69) is 99.8 Å². The van der Waals surface area contributed by atoms with Gasteiger partial charge in [0.1, 0.15) is 11.0 Å². The molecule has 8 rings (SSSR count). The highest BCUT2D eigenvalue weighted by atomic mass is 16.6. The van der Waals surface area contributed by atoms with Gasteiger partial charge in [0, 0.05) is 30.4 Å². The summed E-state index contributed by atoms with van der Waals surface area (Å²) in [7, 11) is 1.61. The molecule has 5 heteroatoms. The summed E-state index contributed by atoms with van der Waals surface area (Å²) in [6.45, 7) is 13.4. The van der Waals surface area contributed by atoms with Gasteiger partial charge >= 0.3 is 11.5 Å². The highest BCUT2D eigenvalue weighted by Gasteiger charge is 2.74. The average molecular weight is 558 g/mol. The summed E-state index contributed by atoms with van der Waals surface area (Å²) < 4.78 is 14.8. The standard InChI is InChI=1S/C37H37N2O3/c1-19(2)16-21-17-27-30-32-26-18-28(36(4,5)6)23-13-9-10-14-24(23)29(26)31-34(37(31,40)41-7)39(32)20(3)38-35(30)42-33(27)25-15-11-8-12-22(21)25/h8-15,17-19,31,34,40H,16H2,1-7H3/q+1. The van der Waals surface area contributed by atoms with E-state index in [0.717, 1.165) is 50.8 Å². The fourth-order valence-electron chi connectivity index (χ4n) is 7.82. The van der Waals surface area contributed by atoms with Gasteiger partial charge in [-0.3, -0.25) is 0 Å². The summed E-state index contributed by atoms with van der Waals surface area (Å²) in [4.78, 5) is 5.04. The van der Waals surface area contributed by atoms with Crippen LogP contribution in [0.4, 0.5) is 0 Å². The van der Waals surface area contributed by atoms with Crippen LogP contribution in [-0.4, -0.2) is 23.0 Å². The zero-order valence-corrected chi connectivity index (χ0v) is 25.4. The van der Waals surface area contributed by atoms with Gasteiger partial charge in [-0.2, -0.15) is 0 Å². The molecule has 3 atom stereocenters. The first kappa shape index (κ1) is 25.9. The second-order valence-electron chi connectivity index (χ2n) is 13.8. The lowest BCUT2D eigenvalue weighted by Gasteiger charge is -2.26. The van der Waals surface area contributed by atoms with Gasteiger partial charge in [-0.15, -0.1) is 0 Å². The van der Waals surface area contributed by atoms with Crippen LogP contribution < -0.4 is 4.57 Å². The van der Waals surface area contributed by atoms with Crippen molar-refractivity contribution in [3.05, 3.63) is 83.2 Å². The molecule has 1 aliphatic carbocycles. The molecule has 0 saturated heterocycles. The van der Waals surface area contributed by atoms with E-state index in [-0.39, 0.29) is 17.4 Å². The number of methoxy groups -OCH3 is 1. The highest BCUT2D eigenvalue weighted by Crippen LogP contribution is 2.65. The first-order valence-electron chi connectivity index (χ1n) is 15.1. The van der Waals surface area contributed by atoms with Crippen molar-refractivity contribution in [2.75, 3.05) is 7.11 Å². The number of furan rings is 1. The fourth-order valence-corrected chi connectivity index (χ4v) is 7.82. The van der Waals surface area contributed by atoms with Crippen LogP contribution >= 0.6 is 0 Å². The van der Waals surface area contributed by atoms with E-state index in [0.29, 0.717) is 11.6 Å². The molecule has 2 aromatic heterocycles. The Balaban J connectivity index is 1.59. The van der Waals surface area contributed by atoms with E-state index in [1.54, 1.807) is 7.11 Å².